The van der Waals surface area contributed by atoms with Gasteiger partial charge in [0.2, 0.25) is 5.96 Å². The van der Waals surface area contributed by atoms with Gasteiger partial charge in [-0.1, -0.05) is 35.9 Å². The number of aryl methyl sites for hydroxylation is 1. The highest BCUT2D eigenvalue weighted by atomic mass is 16.2. The Hall–Kier alpha value is -3.35. The minimum atomic E-state index is -1.38. The lowest BCUT2D eigenvalue weighted by atomic mass is 10.0. The summed E-state index contributed by atoms with van der Waals surface area (Å²) in [5.41, 5.74) is 8.09. The molecular weight excluding hydrogens is 316 g/mol. The summed E-state index contributed by atoms with van der Waals surface area (Å²) in [6, 6.07) is 15.3. The molecule has 1 atom stereocenters. The van der Waals surface area contributed by atoms with Gasteiger partial charge in [0, 0.05) is 18.3 Å². The average Bonchev–Trinajstić information content (AvgIpc) is 2.79. The second-order valence-corrected chi connectivity index (χ2v) is 6.13. The van der Waals surface area contributed by atoms with E-state index >= 15 is 0 Å². The number of rotatable bonds is 1. The van der Waals surface area contributed by atoms with Crippen LogP contribution in [0.5, 0.6) is 0 Å². The highest BCUT2D eigenvalue weighted by Gasteiger charge is 2.52. The molecule has 2 aliphatic heterocycles. The first-order valence-corrected chi connectivity index (χ1v) is 7.93. The summed E-state index contributed by atoms with van der Waals surface area (Å²) in [5, 5.41) is 6.06. The van der Waals surface area contributed by atoms with E-state index in [9.17, 15) is 4.79 Å². The first-order chi connectivity index (χ1) is 12.0. The molecule has 0 aliphatic carbocycles. The number of aliphatic imine (C=N–C) groups is 2. The van der Waals surface area contributed by atoms with Gasteiger partial charge in [0.05, 0.1) is 5.69 Å². The topological polar surface area (TPSA) is 95.1 Å². The Morgan fingerprint density at radius 3 is 2.60 bits per heavy atom. The quantitative estimate of drug-likeness (QED) is 0.737. The maximum Gasteiger partial charge on any atom is 0.282 e. The van der Waals surface area contributed by atoms with Gasteiger partial charge in [-0.05, 0) is 25.1 Å². The number of anilines is 2. The Labute approximate surface area is 145 Å². The van der Waals surface area contributed by atoms with E-state index < -0.39 is 5.66 Å². The number of carbonyl (C=O) groups is 1. The molecule has 7 heteroatoms. The zero-order valence-corrected chi connectivity index (χ0v) is 13.9. The fourth-order valence-corrected chi connectivity index (χ4v) is 3.11. The van der Waals surface area contributed by atoms with Crippen LogP contribution in [0.2, 0.25) is 0 Å². The second-order valence-electron chi connectivity index (χ2n) is 6.13. The van der Waals surface area contributed by atoms with E-state index in [1.807, 2.05) is 55.5 Å². The number of para-hydroxylation sites is 1. The van der Waals surface area contributed by atoms with Crippen LogP contribution in [-0.2, 0) is 10.5 Å². The lowest BCUT2D eigenvalue weighted by Crippen LogP contribution is -2.50. The normalized spacial score (nSPS) is 21.5. The van der Waals surface area contributed by atoms with Gasteiger partial charge in [0.15, 0.2) is 5.96 Å². The number of nitrogens with two attached hydrogens (primary N) is 1. The van der Waals surface area contributed by atoms with Gasteiger partial charge in [-0.2, -0.15) is 0 Å². The van der Waals surface area contributed by atoms with Crippen LogP contribution in [0.25, 0.3) is 0 Å². The van der Waals surface area contributed by atoms with E-state index in [4.69, 9.17) is 5.73 Å². The molecule has 7 nitrogen and oxygen atoms in total. The Balaban J connectivity index is 1.78. The molecule has 2 aliphatic rings. The predicted octanol–water partition coefficient (Wildman–Crippen LogP) is 1.51. The maximum atomic E-state index is 12.9. The predicted molar refractivity (Wildman–Crippen MR) is 98.5 cm³/mol. The second kappa shape index (κ2) is 5.34. The smallest absolute Gasteiger partial charge is 0.282 e. The molecule has 0 saturated heterocycles. The number of nitrogens with zero attached hydrogens (tertiary/aromatic N) is 3. The standard InChI is InChI=1S/C18H18N6O/c1-11-7-9-12(10-8-11)20-17-21-16(19)22-18(23-17)13-5-3-4-6-14(13)24(2)15(18)25/h3-10H,1-2H3,(H4,19,20,21,22,23). The average molecular weight is 334 g/mol. The Bertz CT molecular complexity index is 917. The number of nitrogens with one attached hydrogen (secondary N) is 2. The van der Waals surface area contributed by atoms with Crippen molar-refractivity contribution in [2.24, 2.45) is 15.7 Å². The molecule has 0 fully saturated rings. The first-order valence-electron chi connectivity index (χ1n) is 7.93. The Morgan fingerprint density at radius 1 is 1.12 bits per heavy atom. The molecule has 4 rings (SSSR count). The number of hydrogen-bond acceptors (Lipinski definition) is 6. The van der Waals surface area contributed by atoms with Gasteiger partial charge in [0.25, 0.3) is 11.6 Å². The van der Waals surface area contributed by atoms with Crippen molar-refractivity contribution in [3.63, 3.8) is 0 Å². The monoisotopic (exact) mass is 334 g/mol. The summed E-state index contributed by atoms with van der Waals surface area (Å²) in [6.45, 7) is 2.02. The number of hydrogen-bond donors (Lipinski definition) is 3. The zero-order valence-electron chi connectivity index (χ0n) is 13.9. The largest absolute Gasteiger partial charge is 0.370 e. The van der Waals surface area contributed by atoms with Gasteiger partial charge >= 0.3 is 0 Å². The van der Waals surface area contributed by atoms with E-state index in [-0.39, 0.29) is 11.9 Å². The summed E-state index contributed by atoms with van der Waals surface area (Å²) in [7, 11) is 1.71. The lowest BCUT2D eigenvalue weighted by molar-refractivity contribution is -0.122. The summed E-state index contributed by atoms with van der Waals surface area (Å²) < 4.78 is 0. The number of guanidine groups is 2. The summed E-state index contributed by atoms with van der Waals surface area (Å²) in [4.78, 5) is 23.4. The third-order valence-corrected chi connectivity index (χ3v) is 4.36. The number of carbonyl (C=O) groups excluding carboxylic acids is 1. The van der Waals surface area contributed by atoms with Crippen molar-refractivity contribution in [3.05, 3.63) is 59.7 Å². The van der Waals surface area contributed by atoms with E-state index in [1.165, 1.54) is 0 Å². The third-order valence-electron chi connectivity index (χ3n) is 4.36. The van der Waals surface area contributed by atoms with Crippen molar-refractivity contribution in [1.82, 2.24) is 5.32 Å². The number of fused-ring (bicyclic) bond motifs is 2. The molecule has 4 N–H and O–H groups in total. The summed E-state index contributed by atoms with van der Waals surface area (Å²) in [5.74, 6) is 0.291. The van der Waals surface area contributed by atoms with Crippen molar-refractivity contribution in [2.45, 2.75) is 12.6 Å². The Morgan fingerprint density at radius 2 is 1.84 bits per heavy atom. The van der Waals surface area contributed by atoms with E-state index in [0.29, 0.717) is 5.96 Å². The first kappa shape index (κ1) is 15.2. The van der Waals surface area contributed by atoms with Crippen LogP contribution in [0.15, 0.2) is 58.5 Å². The van der Waals surface area contributed by atoms with Crippen molar-refractivity contribution in [3.8, 4) is 0 Å². The molecule has 1 unspecified atom stereocenters. The van der Waals surface area contributed by atoms with Crippen LogP contribution < -0.4 is 21.3 Å². The molecule has 0 saturated carbocycles. The van der Waals surface area contributed by atoms with Gasteiger partial charge in [-0.3, -0.25) is 10.1 Å². The molecule has 1 spiro atoms. The molecule has 126 valence electrons. The van der Waals surface area contributed by atoms with Gasteiger partial charge in [-0.15, -0.1) is 0 Å². The fraction of sp³-hybridized carbons (Fsp3) is 0.167. The summed E-state index contributed by atoms with van der Waals surface area (Å²) >= 11 is 0. The number of benzene rings is 2. The van der Waals surface area contributed by atoms with E-state index in [0.717, 1.165) is 22.5 Å². The summed E-state index contributed by atoms with van der Waals surface area (Å²) in [6.07, 6.45) is 0. The number of likely N-dealkylation sites (N-methyl/N-ethyl adjacent to an activating group) is 1. The zero-order chi connectivity index (χ0) is 17.6. The maximum absolute atomic E-state index is 12.9. The highest BCUT2D eigenvalue weighted by molar-refractivity contribution is 6.14. The minimum Gasteiger partial charge on any atom is -0.370 e. The fourth-order valence-electron chi connectivity index (χ4n) is 3.11. The van der Waals surface area contributed by atoms with Crippen LogP contribution >= 0.6 is 0 Å². The number of amides is 1. The van der Waals surface area contributed by atoms with Gasteiger partial charge < -0.3 is 16.0 Å². The SMILES string of the molecule is Cc1ccc(NC2=NC3(N=C(N)N2)C(=O)N(C)c2ccccc23)cc1. The van der Waals surface area contributed by atoms with Gasteiger partial charge in [0.1, 0.15) is 0 Å². The Kier molecular flexibility index (Phi) is 3.24. The van der Waals surface area contributed by atoms with Crippen molar-refractivity contribution < 1.29 is 4.79 Å². The third kappa shape index (κ3) is 2.32. The molecule has 0 aromatic heterocycles. The van der Waals surface area contributed by atoms with E-state index in [1.54, 1.807) is 11.9 Å². The molecule has 1 amide bonds. The van der Waals surface area contributed by atoms with Crippen LogP contribution in [0, 0.1) is 6.92 Å². The molecule has 2 aromatic rings. The van der Waals surface area contributed by atoms with Gasteiger partial charge in [-0.25, -0.2) is 9.98 Å². The molecule has 0 radical (unpaired) electrons. The van der Waals surface area contributed by atoms with Crippen molar-refractivity contribution >= 4 is 29.2 Å². The van der Waals surface area contributed by atoms with Crippen LogP contribution in [0.1, 0.15) is 11.1 Å². The molecule has 25 heavy (non-hydrogen) atoms. The van der Waals surface area contributed by atoms with E-state index in [2.05, 4.69) is 20.6 Å². The van der Waals surface area contributed by atoms with Crippen LogP contribution in [0.4, 0.5) is 11.4 Å². The van der Waals surface area contributed by atoms with Crippen molar-refractivity contribution in [1.29, 1.82) is 0 Å². The van der Waals surface area contributed by atoms with Crippen LogP contribution in [-0.4, -0.2) is 24.9 Å². The molecule has 2 aromatic carbocycles. The molecular formula is C18H18N6O. The molecule has 0 bridgehead atoms. The molecule has 2 heterocycles. The van der Waals surface area contributed by atoms with Crippen LogP contribution in [0.3, 0.4) is 0 Å². The highest BCUT2D eigenvalue weighted by Crippen LogP contribution is 2.43. The lowest BCUT2D eigenvalue weighted by Gasteiger charge is -2.26. The van der Waals surface area contributed by atoms with Crippen molar-refractivity contribution in [2.75, 3.05) is 17.3 Å². The minimum absolute atomic E-state index is 0.142.